The van der Waals surface area contributed by atoms with Crippen LogP contribution in [0.1, 0.15) is 34.1 Å². The largest absolute Gasteiger partial charge is 0.480 e. The molecule has 1 aliphatic rings. The molecule has 3 heterocycles. The first-order valence-electron chi connectivity index (χ1n) is 8.66. The lowest BCUT2D eigenvalue weighted by Gasteiger charge is -2.28. The maximum atomic E-state index is 11.6. The predicted octanol–water partition coefficient (Wildman–Crippen LogP) is 0.778. The molecule has 0 bridgehead atoms. The zero-order valence-corrected chi connectivity index (χ0v) is 15.4. The van der Waals surface area contributed by atoms with Crippen LogP contribution in [0.4, 0.5) is 5.82 Å². The number of aromatic nitrogens is 3. The Bertz CT molecular complexity index is 898. The summed E-state index contributed by atoms with van der Waals surface area (Å²) >= 11 is 0. The first kappa shape index (κ1) is 18.6. The molecule has 1 saturated heterocycles. The lowest BCUT2D eigenvalue weighted by Crippen LogP contribution is -2.37. The minimum atomic E-state index is -0.616. The average molecular weight is 367 g/mol. The molecule has 2 aromatic heterocycles. The van der Waals surface area contributed by atoms with Crippen LogP contribution in [0.5, 0.6) is 5.88 Å². The molecule has 2 N–H and O–H groups in total. The molecule has 0 atom stereocenters. The van der Waals surface area contributed by atoms with E-state index in [0.29, 0.717) is 18.8 Å². The number of carbonyl (C=O) groups excluding carboxylic acids is 1. The number of primary amides is 1. The van der Waals surface area contributed by atoms with E-state index in [1.807, 2.05) is 6.92 Å². The number of pyridine rings is 1. The number of amides is 1. The highest BCUT2D eigenvalue weighted by atomic mass is 16.5. The number of rotatable bonds is 4. The van der Waals surface area contributed by atoms with E-state index in [1.54, 1.807) is 18.6 Å². The lowest BCUT2D eigenvalue weighted by atomic mass is 10.1. The number of aryl methyl sites for hydroxylation is 1. The standard InChI is InChI=1S/C19H21N5O3/c1-3-16-14(18(23-12-22-16)24-6-8-27-9-7-24)5-4-13-10-15(17(20)25)19(26-2)21-11-13/h10-12H,3,6-9H2,1-2H3,(H2,20,25). The summed E-state index contributed by atoms with van der Waals surface area (Å²) in [5, 5.41) is 0. The summed E-state index contributed by atoms with van der Waals surface area (Å²) in [4.78, 5) is 26.6. The lowest BCUT2D eigenvalue weighted by molar-refractivity contribution is 0.0996. The maximum Gasteiger partial charge on any atom is 0.254 e. The van der Waals surface area contributed by atoms with Gasteiger partial charge in [-0.25, -0.2) is 15.0 Å². The average Bonchev–Trinajstić information content (AvgIpc) is 2.72. The fourth-order valence-corrected chi connectivity index (χ4v) is 2.82. The second-order valence-electron chi connectivity index (χ2n) is 5.87. The highest BCUT2D eigenvalue weighted by Crippen LogP contribution is 2.21. The second-order valence-corrected chi connectivity index (χ2v) is 5.87. The summed E-state index contributed by atoms with van der Waals surface area (Å²) in [7, 11) is 1.43. The third-order valence-electron chi connectivity index (χ3n) is 4.19. The Hall–Kier alpha value is -3.18. The van der Waals surface area contributed by atoms with Crippen molar-refractivity contribution in [2.45, 2.75) is 13.3 Å². The predicted molar refractivity (Wildman–Crippen MR) is 99.7 cm³/mol. The van der Waals surface area contributed by atoms with Crippen molar-refractivity contribution in [3.05, 3.63) is 41.0 Å². The fourth-order valence-electron chi connectivity index (χ4n) is 2.82. The van der Waals surface area contributed by atoms with E-state index in [1.165, 1.54) is 7.11 Å². The first-order valence-corrected chi connectivity index (χ1v) is 8.66. The molecule has 1 aliphatic heterocycles. The quantitative estimate of drug-likeness (QED) is 0.796. The van der Waals surface area contributed by atoms with Crippen molar-refractivity contribution < 1.29 is 14.3 Å². The summed E-state index contributed by atoms with van der Waals surface area (Å²) in [6.07, 6.45) is 3.84. The van der Waals surface area contributed by atoms with E-state index in [-0.39, 0.29) is 11.4 Å². The molecule has 8 nitrogen and oxygen atoms in total. The number of carbonyl (C=O) groups is 1. The summed E-state index contributed by atoms with van der Waals surface area (Å²) in [5.41, 5.74) is 7.79. The van der Waals surface area contributed by atoms with Crippen molar-refractivity contribution in [3.63, 3.8) is 0 Å². The third kappa shape index (κ3) is 4.15. The molecular weight excluding hydrogens is 346 g/mol. The zero-order chi connectivity index (χ0) is 19.2. The molecule has 0 unspecified atom stereocenters. The summed E-state index contributed by atoms with van der Waals surface area (Å²) < 4.78 is 10.5. The number of ether oxygens (including phenoxy) is 2. The molecule has 140 valence electrons. The van der Waals surface area contributed by atoms with Crippen LogP contribution in [0.25, 0.3) is 0 Å². The highest BCUT2D eigenvalue weighted by Gasteiger charge is 2.18. The maximum absolute atomic E-state index is 11.6. The topological polar surface area (TPSA) is 103 Å². The Morgan fingerprint density at radius 3 is 2.74 bits per heavy atom. The van der Waals surface area contributed by atoms with E-state index in [2.05, 4.69) is 31.7 Å². The van der Waals surface area contributed by atoms with Crippen LogP contribution in [-0.4, -0.2) is 54.3 Å². The Morgan fingerprint density at radius 2 is 2.07 bits per heavy atom. The molecule has 0 saturated carbocycles. The number of methoxy groups -OCH3 is 1. The molecule has 27 heavy (non-hydrogen) atoms. The van der Waals surface area contributed by atoms with Crippen LogP contribution < -0.4 is 15.4 Å². The molecule has 0 aliphatic carbocycles. The molecule has 0 radical (unpaired) electrons. The number of morpholine rings is 1. The molecule has 2 aromatic rings. The second kappa shape index (κ2) is 8.47. The Balaban J connectivity index is 2.01. The summed E-state index contributed by atoms with van der Waals surface area (Å²) in [5.74, 6) is 6.57. The van der Waals surface area contributed by atoms with Crippen LogP contribution in [0, 0.1) is 11.8 Å². The number of nitrogens with zero attached hydrogens (tertiary/aromatic N) is 4. The van der Waals surface area contributed by atoms with E-state index in [4.69, 9.17) is 15.2 Å². The molecule has 1 fully saturated rings. The fraction of sp³-hybridized carbons (Fsp3) is 0.368. The number of hydrogen-bond acceptors (Lipinski definition) is 7. The van der Waals surface area contributed by atoms with E-state index in [9.17, 15) is 4.79 Å². The zero-order valence-electron chi connectivity index (χ0n) is 15.4. The van der Waals surface area contributed by atoms with Crippen LogP contribution in [0.2, 0.25) is 0 Å². The SMILES string of the molecule is CCc1ncnc(N2CCOCC2)c1C#Cc1cnc(OC)c(C(N)=O)c1. The Morgan fingerprint density at radius 1 is 1.30 bits per heavy atom. The van der Waals surface area contributed by atoms with Crippen LogP contribution in [0.3, 0.4) is 0 Å². The van der Waals surface area contributed by atoms with Crippen LogP contribution >= 0.6 is 0 Å². The third-order valence-corrected chi connectivity index (χ3v) is 4.19. The van der Waals surface area contributed by atoms with Gasteiger partial charge in [-0.3, -0.25) is 4.79 Å². The van der Waals surface area contributed by atoms with Gasteiger partial charge in [-0.2, -0.15) is 0 Å². The smallest absolute Gasteiger partial charge is 0.254 e. The summed E-state index contributed by atoms with van der Waals surface area (Å²) in [6.45, 7) is 4.84. The van der Waals surface area contributed by atoms with Gasteiger partial charge in [0.15, 0.2) is 0 Å². The minimum absolute atomic E-state index is 0.180. The Labute approximate surface area is 157 Å². The van der Waals surface area contributed by atoms with E-state index in [0.717, 1.165) is 36.6 Å². The van der Waals surface area contributed by atoms with Crippen molar-refractivity contribution in [2.24, 2.45) is 5.73 Å². The monoisotopic (exact) mass is 367 g/mol. The molecule has 1 amide bonds. The van der Waals surface area contributed by atoms with Crippen molar-refractivity contribution in [3.8, 4) is 17.7 Å². The van der Waals surface area contributed by atoms with Crippen molar-refractivity contribution in [1.82, 2.24) is 15.0 Å². The van der Waals surface area contributed by atoms with E-state index < -0.39 is 5.91 Å². The van der Waals surface area contributed by atoms with Gasteiger partial charge in [-0.1, -0.05) is 18.8 Å². The van der Waals surface area contributed by atoms with Gasteiger partial charge in [0.05, 0.1) is 31.6 Å². The van der Waals surface area contributed by atoms with Gasteiger partial charge < -0.3 is 20.1 Å². The van der Waals surface area contributed by atoms with Crippen LogP contribution in [-0.2, 0) is 11.2 Å². The van der Waals surface area contributed by atoms with Gasteiger partial charge in [0.2, 0.25) is 5.88 Å². The highest BCUT2D eigenvalue weighted by molar-refractivity contribution is 5.95. The van der Waals surface area contributed by atoms with Crippen molar-refractivity contribution in [1.29, 1.82) is 0 Å². The molecule has 3 rings (SSSR count). The molecule has 0 spiro atoms. The molecule has 0 aromatic carbocycles. The van der Waals surface area contributed by atoms with Gasteiger partial charge in [0.1, 0.15) is 17.7 Å². The van der Waals surface area contributed by atoms with Crippen molar-refractivity contribution in [2.75, 3.05) is 38.3 Å². The van der Waals surface area contributed by atoms with Gasteiger partial charge in [-0.05, 0) is 12.5 Å². The normalized spacial score (nSPS) is 13.6. The van der Waals surface area contributed by atoms with E-state index >= 15 is 0 Å². The summed E-state index contributed by atoms with van der Waals surface area (Å²) in [6, 6.07) is 1.57. The van der Waals surface area contributed by atoms with Gasteiger partial charge in [0.25, 0.3) is 5.91 Å². The number of nitrogens with two attached hydrogens (primary N) is 1. The Kier molecular flexibility index (Phi) is 5.84. The van der Waals surface area contributed by atoms with Crippen LogP contribution in [0.15, 0.2) is 18.6 Å². The molecular formula is C19H21N5O3. The number of anilines is 1. The number of hydrogen-bond donors (Lipinski definition) is 1. The van der Waals surface area contributed by atoms with Gasteiger partial charge in [-0.15, -0.1) is 0 Å². The van der Waals surface area contributed by atoms with Crippen molar-refractivity contribution >= 4 is 11.7 Å². The molecule has 8 heteroatoms. The first-order chi connectivity index (χ1) is 13.1. The minimum Gasteiger partial charge on any atom is -0.480 e. The van der Waals surface area contributed by atoms with Gasteiger partial charge in [0, 0.05) is 24.8 Å². The van der Waals surface area contributed by atoms with Gasteiger partial charge >= 0.3 is 0 Å².